The summed E-state index contributed by atoms with van der Waals surface area (Å²) in [6.07, 6.45) is 1.90. The van der Waals surface area contributed by atoms with Gasteiger partial charge < -0.3 is 4.90 Å². The second-order valence-electron chi connectivity index (χ2n) is 3.73. The van der Waals surface area contributed by atoms with Gasteiger partial charge >= 0.3 is 0 Å². The molecule has 0 fully saturated rings. The minimum atomic E-state index is 0.757. The maximum atomic E-state index is 4.39. The van der Waals surface area contributed by atoms with Gasteiger partial charge in [0, 0.05) is 42.2 Å². The number of anilines is 1. The first-order chi connectivity index (χ1) is 7.70. The molecular weight excluding hydrogens is 236 g/mol. The van der Waals surface area contributed by atoms with Crippen LogP contribution in [0.15, 0.2) is 30.5 Å². The molecule has 0 bridgehead atoms. The van der Waals surface area contributed by atoms with Crippen LogP contribution in [0.4, 0.5) is 5.69 Å². The van der Waals surface area contributed by atoms with Crippen molar-refractivity contribution >= 4 is 29.7 Å². The predicted octanol–water partition coefficient (Wildman–Crippen LogP) is 3.31. The molecule has 16 heavy (non-hydrogen) atoms. The number of hydrogen-bond donors (Lipinski definition) is 1. The third-order valence-corrected chi connectivity index (χ3v) is 3.94. The molecule has 0 radical (unpaired) electrons. The van der Waals surface area contributed by atoms with Crippen molar-refractivity contribution in [2.45, 2.75) is 5.75 Å². The maximum absolute atomic E-state index is 4.39. The highest BCUT2D eigenvalue weighted by Gasteiger charge is 2.04. The number of hydrogen-bond acceptors (Lipinski definition) is 4. The molecule has 0 aliphatic carbocycles. The lowest BCUT2D eigenvalue weighted by Crippen LogP contribution is -2.07. The van der Waals surface area contributed by atoms with Crippen molar-refractivity contribution in [3.05, 3.63) is 35.3 Å². The molecule has 0 aliphatic heterocycles. The Balaban J connectivity index is 2.27. The molecule has 2 nitrogen and oxygen atoms in total. The molecule has 1 aromatic heterocycles. The van der Waals surface area contributed by atoms with Crippen LogP contribution in [-0.4, -0.2) is 19.1 Å². The summed E-state index contributed by atoms with van der Waals surface area (Å²) in [7, 11) is 4.08. The molecule has 1 aromatic carbocycles. The van der Waals surface area contributed by atoms with E-state index in [1.54, 1.807) is 11.3 Å². The van der Waals surface area contributed by atoms with Crippen molar-refractivity contribution in [1.82, 2.24) is 4.98 Å². The zero-order valence-electron chi connectivity index (χ0n) is 9.34. The first kappa shape index (κ1) is 11.5. The SMILES string of the molecule is CN(C)c1ccc(-c2ncc(CS)s2)cc1. The van der Waals surface area contributed by atoms with E-state index in [-0.39, 0.29) is 0 Å². The van der Waals surface area contributed by atoms with Crippen molar-refractivity contribution in [3.63, 3.8) is 0 Å². The number of nitrogens with zero attached hydrogens (tertiary/aromatic N) is 2. The predicted molar refractivity (Wildman–Crippen MR) is 74.6 cm³/mol. The second kappa shape index (κ2) is 4.89. The molecule has 0 saturated carbocycles. The van der Waals surface area contributed by atoms with E-state index in [0.717, 1.165) is 10.8 Å². The second-order valence-corrected chi connectivity index (χ2v) is 5.16. The Bertz CT molecular complexity index is 460. The molecule has 0 aliphatic rings. The molecule has 2 rings (SSSR count). The molecule has 4 heteroatoms. The lowest BCUT2D eigenvalue weighted by molar-refractivity contribution is 1.13. The van der Waals surface area contributed by atoms with Crippen LogP contribution in [0.1, 0.15) is 4.88 Å². The normalized spacial score (nSPS) is 10.4. The Morgan fingerprint density at radius 1 is 1.25 bits per heavy atom. The van der Waals surface area contributed by atoms with Crippen molar-refractivity contribution in [2.24, 2.45) is 0 Å². The quantitative estimate of drug-likeness (QED) is 0.841. The summed E-state index contributed by atoms with van der Waals surface area (Å²) < 4.78 is 0. The van der Waals surface area contributed by atoms with Crippen LogP contribution in [0.25, 0.3) is 10.6 Å². The molecule has 0 spiro atoms. The van der Waals surface area contributed by atoms with Crippen LogP contribution in [0, 0.1) is 0 Å². The van der Waals surface area contributed by atoms with Gasteiger partial charge in [-0.05, 0) is 24.3 Å². The Morgan fingerprint density at radius 3 is 2.44 bits per heavy atom. The van der Waals surface area contributed by atoms with Crippen molar-refractivity contribution < 1.29 is 0 Å². The summed E-state index contributed by atoms with van der Waals surface area (Å²) in [6, 6.07) is 8.43. The number of benzene rings is 1. The van der Waals surface area contributed by atoms with E-state index in [9.17, 15) is 0 Å². The topological polar surface area (TPSA) is 16.1 Å². The van der Waals surface area contributed by atoms with E-state index >= 15 is 0 Å². The first-order valence-corrected chi connectivity index (χ1v) is 6.49. The van der Waals surface area contributed by atoms with Crippen LogP contribution in [0.3, 0.4) is 0 Å². The zero-order chi connectivity index (χ0) is 11.5. The smallest absolute Gasteiger partial charge is 0.123 e. The van der Waals surface area contributed by atoms with Gasteiger partial charge in [-0.3, -0.25) is 0 Å². The minimum absolute atomic E-state index is 0.757. The van der Waals surface area contributed by atoms with E-state index in [2.05, 4.69) is 46.8 Å². The minimum Gasteiger partial charge on any atom is -0.378 e. The zero-order valence-corrected chi connectivity index (χ0v) is 11.1. The molecule has 84 valence electrons. The van der Waals surface area contributed by atoms with Gasteiger partial charge in [-0.25, -0.2) is 4.98 Å². The molecule has 0 unspecified atom stereocenters. The highest BCUT2D eigenvalue weighted by atomic mass is 32.1. The third kappa shape index (κ3) is 2.39. The summed E-state index contributed by atoms with van der Waals surface area (Å²) in [6.45, 7) is 0. The molecule has 0 N–H and O–H groups in total. The molecule has 1 heterocycles. The average molecular weight is 250 g/mol. The molecule has 0 amide bonds. The van der Waals surface area contributed by atoms with Gasteiger partial charge in [0.1, 0.15) is 5.01 Å². The van der Waals surface area contributed by atoms with E-state index in [1.165, 1.54) is 16.1 Å². The summed E-state index contributed by atoms with van der Waals surface area (Å²) in [5.41, 5.74) is 2.37. The van der Waals surface area contributed by atoms with Gasteiger partial charge in [0.25, 0.3) is 0 Å². The fourth-order valence-electron chi connectivity index (χ4n) is 1.42. The summed E-state index contributed by atoms with van der Waals surface area (Å²) in [5, 5.41) is 1.06. The fourth-order valence-corrected chi connectivity index (χ4v) is 2.47. The van der Waals surface area contributed by atoms with Gasteiger partial charge in [-0.2, -0.15) is 12.6 Å². The molecule has 2 aromatic rings. The fraction of sp³-hybridized carbons (Fsp3) is 0.250. The van der Waals surface area contributed by atoms with Crippen LogP contribution < -0.4 is 4.90 Å². The van der Waals surface area contributed by atoms with E-state index < -0.39 is 0 Å². The first-order valence-electron chi connectivity index (χ1n) is 5.04. The highest BCUT2D eigenvalue weighted by molar-refractivity contribution is 7.79. The number of rotatable bonds is 3. The van der Waals surface area contributed by atoms with Gasteiger partial charge in [0.05, 0.1) is 0 Å². The van der Waals surface area contributed by atoms with Crippen LogP contribution in [0.2, 0.25) is 0 Å². The lowest BCUT2D eigenvalue weighted by atomic mass is 10.2. The van der Waals surface area contributed by atoms with Crippen LogP contribution in [0.5, 0.6) is 0 Å². The third-order valence-electron chi connectivity index (χ3n) is 2.34. The van der Waals surface area contributed by atoms with E-state index in [4.69, 9.17) is 0 Å². The van der Waals surface area contributed by atoms with Gasteiger partial charge in [0.15, 0.2) is 0 Å². The van der Waals surface area contributed by atoms with Crippen LogP contribution >= 0.6 is 24.0 Å². The van der Waals surface area contributed by atoms with Gasteiger partial charge in [0.2, 0.25) is 0 Å². The van der Waals surface area contributed by atoms with Gasteiger partial charge in [-0.1, -0.05) is 0 Å². The van der Waals surface area contributed by atoms with Gasteiger partial charge in [-0.15, -0.1) is 11.3 Å². The summed E-state index contributed by atoms with van der Waals surface area (Å²) in [5.74, 6) is 0.757. The number of aromatic nitrogens is 1. The molecular formula is C12H14N2S2. The van der Waals surface area contributed by atoms with E-state index in [1.807, 2.05) is 20.3 Å². The lowest BCUT2D eigenvalue weighted by Gasteiger charge is -2.11. The number of thiol groups is 1. The molecule has 0 saturated heterocycles. The Kier molecular flexibility index (Phi) is 3.51. The Morgan fingerprint density at radius 2 is 1.94 bits per heavy atom. The Hall–Kier alpha value is -1.00. The van der Waals surface area contributed by atoms with Crippen molar-refractivity contribution in [2.75, 3.05) is 19.0 Å². The summed E-state index contributed by atoms with van der Waals surface area (Å²) in [4.78, 5) is 7.68. The monoisotopic (exact) mass is 250 g/mol. The largest absolute Gasteiger partial charge is 0.378 e. The van der Waals surface area contributed by atoms with Crippen molar-refractivity contribution in [3.8, 4) is 10.6 Å². The van der Waals surface area contributed by atoms with Crippen molar-refractivity contribution in [1.29, 1.82) is 0 Å². The maximum Gasteiger partial charge on any atom is 0.123 e. The summed E-state index contributed by atoms with van der Waals surface area (Å²) >= 11 is 5.94. The average Bonchev–Trinajstić information content (AvgIpc) is 2.77. The van der Waals surface area contributed by atoms with E-state index in [0.29, 0.717) is 0 Å². The number of thiazole rings is 1. The molecule has 0 atom stereocenters. The Labute approximate surface area is 105 Å². The standard InChI is InChI=1S/C12H14N2S2/c1-14(2)10-5-3-9(4-6-10)12-13-7-11(8-15)16-12/h3-7,15H,8H2,1-2H3. The van der Waals surface area contributed by atoms with Crippen LogP contribution in [-0.2, 0) is 5.75 Å². The highest BCUT2D eigenvalue weighted by Crippen LogP contribution is 2.27.